The van der Waals surface area contributed by atoms with Gasteiger partial charge in [0.05, 0.1) is 5.69 Å². The number of oxazole rings is 1. The normalized spacial score (nSPS) is 16.5. The van der Waals surface area contributed by atoms with E-state index in [0.717, 1.165) is 55.5 Å². The van der Waals surface area contributed by atoms with E-state index in [-0.39, 0.29) is 0 Å². The summed E-state index contributed by atoms with van der Waals surface area (Å²) >= 11 is 0. The van der Waals surface area contributed by atoms with Crippen LogP contribution >= 0.6 is 0 Å². The van der Waals surface area contributed by atoms with Gasteiger partial charge in [-0.2, -0.15) is 4.98 Å². The minimum absolute atomic E-state index is 0.338. The molecule has 0 bridgehead atoms. The van der Waals surface area contributed by atoms with Gasteiger partial charge in [0.15, 0.2) is 5.89 Å². The molecule has 0 unspecified atom stereocenters. The van der Waals surface area contributed by atoms with Crippen molar-refractivity contribution >= 4 is 0 Å². The fourth-order valence-electron chi connectivity index (χ4n) is 3.15. The zero-order valence-corrected chi connectivity index (χ0v) is 13.7. The first-order valence-corrected chi connectivity index (χ1v) is 8.30. The molecule has 1 fully saturated rings. The number of aromatic nitrogens is 3. The van der Waals surface area contributed by atoms with Crippen LogP contribution in [0.4, 0.5) is 0 Å². The maximum Gasteiger partial charge on any atom is 0.230 e. The lowest BCUT2D eigenvalue weighted by atomic mass is 9.96. The second-order valence-corrected chi connectivity index (χ2v) is 6.23. The van der Waals surface area contributed by atoms with Crippen LogP contribution < -0.4 is 0 Å². The van der Waals surface area contributed by atoms with Crippen molar-refractivity contribution in [3.63, 3.8) is 0 Å². The summed E-state index contributed by atoms with van der Waals surface area (Å²) in [5.41, 5.74) is 1.99. The topological polar surface area (TPSA) is 68.2 Å². The number of aryl methyl sites for hydroxylation is 1. The number of piperidine rings is 1. The Hall–Kier alpha value is -2.47. The van der Waals surface area contributed by atoms with Crippen molar-refractivity contribution in [1.29, 1.82) is 0 Å². The van der Waals surface area contributed by atoms with Crippen LogP contribution in [0.3, 0.4) is 0 Å². The molecule has 1 aromatic carbocycles. The van der Waals surface area contributed by atoms with Crippen molar-refractivity contribution in [3.8, 4) is 11.4 Å². The molecule has 0 aliphatic carbocycles. The summed E-state index contributed by atoms with van der Waals surface area (Å²) in [5.74, 6) is 2.49. The molecule has 2 aromatic heterocycles. The minimum atomic E-state index is 0.338. The molecule has 4 rings (SSSR count). The Kier molecular flexibility index (Phi) is 4.13. The molecule has 6 heteroatoms. The Balaban J connectivity index is 1.37. The average molecular weight is 324 g/mol. The molecule has 0 radical (unpaired) electrons. The van der Waals surface area contributed by atoms with Gasteiger partial charge in [0.2, 0.25) is 11.7 Å². The smallest absolute Gasteiger partial charge is 0.230 e. The van der Waals surface area contributed by atoms with Gasteiger partial charge in [-0.3, -0.25) is 4.90 Å². The highest BCUT2D eigenvalue weighted by molar-refractivity contribution is 5.53. The van der Waals surface area contributed by atoms with Gasteiger partial charge in [0.1, 0.15) is 6.26 Å². The van der Waals surface area contributed by atoms with Gasteiger partial charge in [-0.1, -0.05) is 35.5 Å². The lowest BCUT2D eigenvalue weighted by Gasteiger charge is -2.29. The molecule has 1 saturated heterocycles. The summed E-state index contributed by atoms with van der Waals surface area (Å²) in [5, 5.41) is 4.13. The van der Waals surface area contributed by atoms with Crippen LogP contribution in [0, 0.1) is 6.92 Å². The molecule has 0 amide bonds. The van der Waals surface area contributed by atoms with E-state index in [2.05, 4.69) is 20.0 Å². The molecule has 6 nitrogen and oxygen atoms in total. The van der Waals surface area contributed by atoms with E-state index in [9.17, 15) is 0 Å². The molecule has 1 aliphatic rings. The van der Waals surface area contributed by atoms with Crippen LogP contribution in [0.15, 0.2) is 45.5 Å². The van der Waals surface area contributed by atoms with Gasteiger partial charge in [0.25, 0.3) is 0 Å². The third-order valence-electron chi connectivity index (χ3n) is 4.46. The first-order valence-electron chi connectivity index (χ1n) is 8.30. The second kappa shape index (κ2) is 6.57. The highest BCUT2D eigenvalue weighted by Crippen LogP contribution is 2.29. The van der Waals surface area contributed by atoms with Crippen LogP contribution in [-0.4, -0.2) is 33.1 Å². The second-order valence-electron chi connectivity index (χ2n) is 6.23. The van der Waals surface area contributed by atoms with Crippen molar-refractivity contribution in [2.24, 2.45) is 0 Å². The molecule has 24 heavy (non-hydrogen) atoms. The number of rotatable bonds is 4. The largest absolute Gasteiger partial charge is 0.449 e. The predicted octanol–water partition coefficient (Wildman–Crippen LogP) is 3.41. The predicted molar refractivity (Wildman–Crippen MR) is 88.2 cm³/mol. The van der Waals surface area contributed by atoms with E-state index in [4.69, 9.17) is 8.94 Å². The van der Waals surface area contributed by atoms with E-state index in [0.29, 0.717) is 11.7 Å². The third kappa shape index (κ3) is 3.23. The summed E-state index contributed by atoms with van der Waals surface area (Å²) in [6, 6.07) is 9.94. The molecule has 0 atom stereocenters. The van der Waals surface area contributed by atoms with Crippen LogP contribution in [0.5, 0.6) is 0 Å². The van der Waals surface area contributed by atoms with E-state index >= 15 is 0 Å². The Morgan fingerprint density at radius 1 is 1.12 bits per heavy atom. The molecule has 124 valence electrons. The van der Waals surface area contributed by atoms with Gasteiger partial charge in [-0.25, -0.2) is 4.98 Å². The van der Waals surface area contributed by atoms with E-state index in [1.54, 1.807) is 6.26 Å². The summed E-state index contributed by atoms with van der Waals surface area (Å²) < 4.78 is 10.8. The van der Waals surface area contributed by atoms with Crippen molar-refractivity contribution < 1.29 is 8.94 Å². The molecule has 1 aliphatic heterocycles. The van der Waals surface area contributed by atoms with Crippen LogP contribution in [-0.2, 0) is 6.54 Å². The summed E-state index contributed by atoms with van der Waals surface area (Å²) in [6.07, 6.45) is 3.78. The molecular weight excluding hydrogens is 304 g/mol. The highest BCUT2D eigenvalue weighted by Gasteiger charge is 2.25. The Morgan fingerprint density at radius 3 is 2.62 bits per heavy atom. The molecular formula is C18H20N4O2. The Labute approximate surface area is 140 Å². The lowest BCUT2D eigenvalue weighted by molar-refractivity contribution is 0.186. The number of hydrogen-bond acceptors (Lipinski definition) is 6. The SMILES string of the molecule is Cc1nc(CN2CCC(c3nc(-c4ccccc4)no3)CC2)co1. The summed E-state index contributed by atoms with van der Waals surface area (Å²) in [6.45, 7) is 4.71. The van der Waals surface area contributed by atoms with E-state index < -0.39 is 0 Å². The van der Waals surface area contributed by atoms with Gasteiger partial charge < -0.3 is 8.94 Å². The summed E-state index contributed by atoms with van der Waals surface area (Å²) in [7, 11) is 0. The van der Waals surface area contributed by atoms with Crippen LogP contribution in [0.1, 0.15) is 36.2 Å². The number of likely N-dealkylation sites (tertiary alicyclic amines) is 1. The monoisotopic (exact) mass is 324 g/mol. The van der Waals surface area contributed by atoms with Crippen molar-refractivity contribution in [3.05, 3.63) is 54.1 Å². The van der Waals surface area contributed by atoms with Crippen molar-refractivity contribution in [2.45, 2.75) is 32.2 Å². The third-order valence-corrected chi connectivity index (χ3v) is 4.46. The molecule has 0 N–H and O–H groups in total. The minimum Gasteiger partial charge on any atom is -0.449 e. The van der Waals surface area contributed by atoms with Gasteiger partial charge in [-0.05, 0) is 25.9 Å². The number of nitrogens with zero attached hydrogens (tertiary/aromatic N) is 4. The fourth-order valence-corrected chi connectivity index (χ4v) is 3.15. The zero-order chi connectivity index (χ0) is 16.4. The summed E-state index contributed by atoms with van der Waals surface area (Å²) in [4.78, 5) is 11.4. The molecule has 0 saturated carbocycles. The lowest BCUT2D eigenvalue weighted by Crippen LogP contribution is -2.32. The molecule has 3 aromatic rings. The molecule has 3 heterocycles. The fraction of sp³-hybridized carbons (Fsp3) is 0.389. The van der Waals surface area contributed by atoms with E-state index in [1.165, 1.54) is 0 Å². The highest BCUT2D eigenvalue weighted by atomic mass is 16.5. The van der Waals surface area contributed by atoms with Gasteiger partial charge in [0, 0.05) is 24.9 Å². The quantitative estimate of drug-likeness (QED) is 0.732. The molecule has 0 spiro atoms. The number of benzene rings is 1. The first kappa shape index (κ1) is 15.1. The zero-order valence-electron chi connectivity index (χ0n) is 13.7. The standard InChI is InChI=1S/C18H20N4O2/c1-13-19-16(12-23-13)11-22-9-7-15(8-10-22)18-20-17(21-24-18)14-5-3-2-4-6-14/h2-6,12,15H,7-11H2,1H3. The first-order chi connectivity index (χ1) is 11.8. The van der Waals surface area contributed by atoms with Gasteiger partial charge >= 0.3 is 0 Å². The van der Waals surface area contributed by atoms with Crippen LogP contribution in [0.25, 0.3) is 11.4 Å². The van der Waals surface area contributed by atoms with E-state index in [1.807, 2.05) is 37.3 Å². The van der Waals surface area contributed by atoms with Crippen molar-refractivity contribution in [1.82, 2.24) is 20.0 Å². The Bertz CT molecular complexity index is 788. The maximum absolute atomic E-state index is 5.51. The van der Waals surface area contributed by atoms with Gasteiger partial charge in [-0.15, -0.1) is 0 Å². The Morgan fingerprint density at radius 2 is 1.92 bits per heavy atom. The average Bonchev–Trinajstić information content (AvgIpc) is 3.26. The number of hydrogen-bond donors (Lipinski definition) is 0. The van der Waals surface area contributed by atoms with Crippen molar-refractivity contribution in [2.75, 3.05) is 13.1 Å². The van der Waals surface area contributed by atoms with Crippen LogP contribution in [0.2, 0.25) is 0 Å². The maximum atomic E-state index is 5.51.